The van der Waals surface area contributed by atoms with Crippen molar-refractivity contribution in [3.05, 3.63) is 70.4 Å². The molecule has 4 rings (SSSR count). The van der Waals surface area contributed by atoms with E-state index in [1.54, 1.807) is 22.7 Å². The number of amides is 1. The molecule has 1 amide bonds. The molecule has 148 valence electrons. The molecule has 0 saturated carbocycles. The fraction of sp³-hybridized carbons (Fsp3) is 0.217. The second kappa shape index (κ2) is 8.45. The second-order valence-corrected chi connectivity index (χ2v) is 9.44. The third-order valence-corrected chi connectivity index (χ3v) is 7.05. The van der Waals surface area contributed by atoms with Crippen LogP contribution in [0.5, 0.6) is 0 Å². The Morgan fingerprint density at radius 1 is 1.17 bits per heavy atom. The molecule has 4 nitrogen and oxygen atoms in total. The summed E-state index contributed by atoms with van der Waals surface area (Å²) in [5, 5.41) is 6.11. The molecule has 29 heavy (non-hydrogen) atoms. The fourth-order valence-electron chi connectivity index (χ4n) is 3.17. The van der Waals surface area contributed by atoms with Crippen molar-refractivity contribution in [2.75, 3.05) is 12.4 Å². The first-order valence-corrected chi connectivity index (χ1v) is 11.3. The van der Waals surface area contributed by atoms with Crippen LogP contribution in [0.4, 0.5) is 5.69 Å². The maximum atomic E-state index is 12.6. The number of carbonyl (C=O) groups is 1. The first-order valence-electron chi connectivity index (χ1n) is 9.63. The van der Waals surface area contributed by atoms with E-state index in [0.717, 1.165) is 28.3 Å². The summed E-state index contributed by atoms with van der Waals surface area (Å²) in [6.07, 6.45) is 0. The van der Waals surface area contributed by atoms with E-state index in [-0.39, 0.29) is 11.9 Å². The van der Waals surface area contributed by atoms with Crippen molar-refractivity contribution in [1.29, 1.82) is 0 Å². The lowest BCUT2D eigenvalue weighted by molar-refractivity contribution is -0.907. The first-order chi connectivity index (χ1) is 14.0. The summed E-state index contributed by atoms with van der Waals surface area (Å²) in [4.78, 5) is 19.8. The highest BCUT2D eigenvalue weighted by molar-refractivity contribution is 7.21. The third-order valence-electron chi connectivity index (χ3n) is 5.11. The molecule has 4 aromatic rings. The first kappa shape index (κ1) is 19.8. The summed E-state index contributed by atoms with van der Waals surface area (Å²) >= 11 is 3.42. The summed E-state index contributed by atoms with van der Waals surface area (Å²) < 4.78 is 1.20. The number of nitrogens with one attached hydrogen (secondary N) is 2. The van der Waals surface area contributed by atoms with E-state index in [2.05, 4.69) is 48.9 Å². The number of thiazole rings is 1. The maximum absolute atomic E-state index is 12.6. The largest absolute Gasteiger partial charge is 0.323 e. The molecule has 0 fully saturated rings. The Labute approximate surface area is 178 Å². The van der Waals surface area contributed by atoms with Crippen LogP contribution in [-0.4, -0.2) is 24.0 Å². The molecule has 0 bridgehead atoms. The molecule has 6 heteroatoms. The lowest BCUT2D eigenvalue weighted by atomic mass is 10.2. The van der Waals surface area contributed by atoms with E-state index < -0.39 is 0 Å². The molecule has 2 atom stereocenters. The van der Waals surface area contributed by atoms with Crippen LogP contribution < -0.4 is 10.2 Å². The van der Waals surface area contributed by atoms with Crippen molar-refractivity contribution >= 4 is 44.5 Å². The predicted octanol–water partition coefficient (Wildman–Crippen LogP) is 4.38. The number of aryl methyl sites for hydroxylation is 1. The van der Waals surface area contributed by atoms with Crippen molar-refractivity contribution in [3.63, 3.8) is 0 Å². The number of quaternary nitrogens is 1. The summed E-state index contributed by atoms with van der Waals surface area (Å²) in [6.45, 7) is 4.91. The van der Waals surface area contributed by atoms with Crippen LogP contribution in [0.2, 0.25) is 0 Å². The van der Waals surface area contributed by atoms with Crippen molar-refractivity contribution in [1.82, 2.24) is 4.98 Å². The molecule has 0 aliphatic rings. The van der Waals surface area contributed by atoms with Gasteiger partial charge in [-0.2, -0.15) is 0 Å². The molecule has 2 N–H and O–H groups in total. The van der Waals surface area contributed by atoms with Gasteiger partial charge in [-0.25, -0.2) is 4.98 Å². The van der Waals surface area contributed by atoms with Crippen LogP contribution in [0.15, 0.2) is 60.0 Å². The minimum Gasteiger partial charge on any atom is -0.323 e. The quantitative estimate of drug-likeness (QED) is 0.485. The number of rotatable bonds is 6. The van der Waals surface area contributed by atoms with Gasteiger partial charge in [0.2, 0.25) is 0 Å². The van der Waals surface area contributed by atoms with E-state index in [9.17, 15) is 4.79 Å². The van der Waals surface area contributed by atoms with E-state index in [0.29, 0.717) is 0 Å². The van der Waals surface area contributed by atoms with Crippen molar-refractivity contribution < 1.29 is 9.69 Å². The van der Waals surface area contributed by atoms with Gasteiger partial charge in [0, 0.05) is 11.3 Å². The Balaban J connectivity index is 1.42. The number of hydrogen-bond donors (Lipinski definition) is 2. The van der Waals surface area contributed by atoms with Gasteiger partial charge in [0.25, 0.3) is 5.91 Å². The Morgan fingerprint density at radius 3 is 2.69 bits per heavy atom. The van der Waals surface area contributed by atoms with E-state index in [4.69, 9.17) is 4.98 Å². The number of thiophene rings is 1. The maximum Gasteiger partial charge on any atom is 0.282 e. The highest BCUT2D eigenvalue weighted by atomic mass is 32.1. The molecule has 0 aliphatic heterocycles. The monoisotopic (exact) mass is 422 g/mol. The van der Waals surface area contributed by atoms with Crippen LogP contribution >= 0.6 is 22.7 Å². The number of carbonyl (C=O) groups excluding carboxylic acids is 1. The van der Waals surface area contributed by atoms with Gasteiger partial charge in [-0.05, 0) is 67.3 Å². The molecule has 0 radical (unpaired) electrons. The van der Waals surface area contributed by atoms with Crippen LogP contribution in [0.25, 0.3) is 20.8 Å². The van der Waals surface area contributed by atoms with E-state index in [1.165, 1.54) is 20.0 Å². The van der Waals surface area contributed by atoms with E-state index >= 15 is 0 Å². The highest BCUT2D eigenvalue weighted by Gasteiger charge is 2.22. The van der Waals surface area contributed by atoms with Crippen molar-refractivity contribution in [2.45, 2.75) is 26.4 Å². The average molecular weight is 423 g/mol. The molecule has 0 aliphatic carbocycles. The summed E-state index contributed by atoms with van der Waals surface area (Å²) in [5.74, 6) is 0.0299. The molecule has 1 unspecified atom stereocenters. The van der Waals surface area contributed by atoms with Crippen LogP contribution in [-0.2, 0) is 11.3 Å². The number of hydrogen-bond acceptors (Lipinski definition) is 4. The molecule has 0 spiro atoms. The minimum atomic E-state index is -0.135. The SMILES string of the molecule is Cc1ccc2nc(-c3ccc(NC(=O)[C@@H](C)[NH+](C)Cc4cccs4)cc3)sc2c1. The zero-order valence-corrected chi connectivity index (χ0v) is 18.4. The van der Waals surface area contributed by atoms with Crippen molar-refractivity contribution in [2.24, 2.45) is 0 Å². The van der Waals surface area contributed by atoms with Gasteiger partial charge in [-0.15, -0.1) is 22.7 Å². The van der Waals surface area contributed by atoms with Crippen molar-refractivity contribution in [3.8, 4) is 10.6 Å². The molecule has 2 aromatic heterocycles. The summed E-state index contributed by atoms with van der Waals surface area (Å²) in [6, 6.07) is 18.3. The predicted molar refractivity (Wildman–Crippen MR) is 123 cm³/mol. The zero-order chi connectivity index (χ0) is 20.4. The molecule has 0 saturated heterocycles. The van der Waals surface area contributed by atoms with Gasteiger partial charge in [0.15, 0.2) is 6.04 Å². The van der Waals surface area contributed by atoms with Gasteiger partial charge in [-0.1, -0.05) is 12.1 Å². The number of fused-ring (bicyclic) bond motifs is 1. The van der Waals surface area contributed by atoms with Gasteiger partial charge in [-0.3, -0.25) is 4.79 Å². The number of anilines is 1. The van der Waals surface area contributed by atoms with E-state index in [1.807, 2.05) is 37.3 Å². The molecule has 2 aromatic carbocycles. The van der Waals surface area contributed by atoms with Gasteiger partial charge in [0.05, 0.1) is 22.1 Å². The van der Waals surface area contributed by atoms with Crippen LogP contribution in [0, 0.1) is 6.92 Å². The smallest absolute Gasteiger partial charge is 0.282 e. The Hall–Kier alpha value is -2.54. The topological polar surface area (TPSA) is 46.4 Å². The normalized spacial score (nSPS) is 13.3. The average Bonchev–Trinajstić information content (AvgIpc) is 3.37. The molecular weight excluding hydrogens is 398 g/mol. The highest BCUT2D eigenvalue weighted by Crippen LogP contribution is 2.31. The van der Waals surface area contributed by atoms with Crippen LogP contribution in [0.1, 0.15) is 17.4 Å². The molecule has 2 heterocycles. The number of likely N-dealkylation sites (N-methyl/N-ethyl adjacent to an activating group) is 1. The summed E-state index contributed by atoms with van der Waals surface area (Å²) in [5.41, 5.74) is 4.14. The van der Waals surface area contributed by atoms with Gasteiger partial charge < -0.3 is 10.2 Å². The number of nitrogens with zero attached hydrogens (tertiary/aromatic N) is 1. The lowest BCUT2D eigenvalue weighted by Gasteiger charge is -2.20. The van der Waals surface area contributed by atoms with Gasteiger partial charge >= 0.3 is 0 Å². The number of benzene rings is 2. The van der Waals surface area contributed by atoms with Gasteiger partial charge in [0.1, 0.15) is 11.6 Å². The third kappa shape index (κ3) is 4.56. The Bertz CT molecular complexity index is 1120. The van der Waals surface area contributed by atoms with Crippen LogP contribution in [0.3, 0.4) is 0 Å². The second-order valence-electron chi connectivity index (χ2n) is 7.38. The summed E-state index contributed by atoms with van der Waals surface area (Å²) in [7, 11) is 2.06. The Kier molecular flexibility index (Phi) is 5.76. The minimum absolute atomic E-state index is 0.0299. The lowest BCUT2D eigenvalue weighted by Crippen LogP contribution is -3.12. The fourth-order valence-corrected chi connectivity index (χ4v) is 5.04. The zero-order valence-electron chi connectivity index (χ0n) is 16.7. The Morgan fingerprint density at radius 2 is 1.97 bits per heavy atom. The molecular formula is C23H24N3OS2+. The standard InChI is InChI=1S/C23H23N3OS2/c1-15-6-11-20-21(13-15)29-23(25-20)17-7-9-18(10-8-17)24-22(27)16(2)26(3)14-19-5-4-12-28-19/h4-13,16H,14H2,1-3H3,(H,24,27)/p+1/t16-/m1/s1. The number of aromatic nitrogens is 1.